The molecule has 8 rings (SSSR count). The monoisotopic (exact) mass is 848 g/mol. The summed E-state index contributed by atoms with van der Waals surface area (Å²) >= 11 is 0. The van der Waals surface area contributed by atoms with Crippen LogP contribution in [0.3, 0.4) is 0 Å². The topological polar surface area (TPSA) is 64.7 Å². The fourth-order valence-corrected chi connectivity index (χ4v) is 10.5. The Hall–Kier alpha value is -6.84. The summed E-state index contributed by atoms with van der Waals surface area (Å²) in [5.41, 5.74) is 4.43. The van der Waals surface area contributed by atoms with Crippen LogP contribution in [0.4, 0.5) is 9.59 Å². The maximum absolute atomic E-state index is 13.5. The summed E-state index contributed by atoms with van der Waals surface area (Å²) in [5.74, 6) is 0. The maximum Gasteiger partial charge on any atom is 0.321 e. The van der Waals surface area contributed by atoms with Crippen LogP contribution < -0.4 is 31.4 Å². The van der Waals surface area contributed by atoms with Crippen molar-refractivity contribution in [3.05, 3.63) is 265 Å². The van der Waals surface area contributed by atoms with Crippen molar-refractivity contribution in [3.63, 3.8) is 0 Å². The SMILES string of the molecule is O=C(NP(c1ccccc1)c1ccccc1)N(Cc1ccccc1)Cc1ccccc1.O=C(NP(c1ccccc1)c1ccccc1)N(Cc1ccccc1)Cc1ccccc1. The van der Waals surface area contributed by atoms with E-state index in [2.05, 4.69) is 107 Å². The zero-order chi connectivity index (χ0) is 42.6. The van der Waals surface area contributed by atoms with Crippen LogP contribution in [0.5, 0.6) is 0 Å². The molecule has 4 amide bonds. The summed E-state index contributed by atoms with van der Waals surface area (Å²) in [6.45, 7) is 2.20. The third-order valence-corrected chi connectivity index (χ3v) is 14.0. The molecule has 62 heavy (non-hydrogen) atoms. The van der Waals surface area contributed by atoms with E-state index in [0.29, 0.717) is 26.2 Å². The van der Waals surface area contributed by atoms with Crippen LogP contribution >= 0.6 is 16.1 Å². The van der Waals surface area contributed by atoms with Crippen molar-refractivity contribution >= 4 is 49.4 Å². The van der Waals surface area contributed by atoms with Gasteiger partial charge in [0.25, 0.3) is 0 Å². The van der Waals surface area contributed by atoms with Gasteiger partial charge in [0, 0.05) is 47.4 Å². The standard InChI is InChI=1S/2C27H25N2OP/c2*30-27(28-31(25-17-9-3-10-18-25)26-19-11-4-12-20-26)29(21-23-13-5-1-6-14-23)22-24-15-7-2-8-16-24/h2*1-20H,21-22H2,(H,28,30). The quantitative estimate of drug-likeness (QED) is 0.107. The molecule has 0 aliphatic rings. The highest BCUT2D eigenvalue weighted by Gasteiger charge is 2.23. The summed E-state index contributed by atoms with van der Waals surface area (Å²) in [4.78, 5) is 30.8. The molecule has 8 heteroatoms. The Morgan fingerprint density at radius 3 is 0.661 bits per heavy atom. The zero-order valence-corrected chi connectivity index (χ0v) is 36.3. The number of hydrogen-bond acceptors (Lipinski definition) is 2. The van der Waals surface area contributed by atoms with Crippen molar-refractivity contribution in [2.24, 2.45) is 0 Å². The predicted molar refractivity (Wildman–Crippen MR) is 259 cm³/mol. The third kappa shape index (κ3) is 13.1. The minimum atomic E-state index is -1.01. The van der Waals surface area contributed by atoms with Crippen LogP contribution in [-0.2, 0) is 26.2 Å². The van der Waals surface area contributed by atoms with Gasteiger partial charge in [-0.2, -0.15) is 0 Å². The largest absolute Gasteiger partial charge is 0.321 e. The molecule has 0 bridgehead atoms. The van der Waals surface area contributed by atoms with Crippen molar-refractivity contribution in [3.8, 4) is 0 Å². The number of hydrogen-bond donors (Lipinski definition) is 2. The molecule has 2 N–H and O–H groups in total. The fraction of sp³-hybridized carbons (Fsp3) is 0.0741. The Balaban J connectivity index is 0.000000186. The van der Waals surface area contributed by atoms with Gasteiger partial charge in [0.2, 0.25) is 0 Å². The Morgan fingerprint density at radius 1 is 0.290 bits per heavy atom. The van der Waals surface area contributed by atoms with Gasteiger partial charge in [-0.05, 0) is 22.3 Å². The smallest absolute Gasteiger partial charge is 0.316 e. The van der Waals surface area contributed by atoms with Gasteiger partial charge in [-0.25, -0.2) is 9.59 Å². The van der Waals surface area contributed by atoms with Crippen LogP contribution in [-0.4, -0.2) is 21.9 Å². The molecule has 6 nitrogen and oxygen atoms in total. The minimum absolute atomic E-state index is 0.0634. The van der Waals surface area contributed by atoms with Crippen LogP contribution in [0.1, 0.15) is 22.3 Å². The first kappa shape index (κ1) is 43.3. The second-order valence-corrected chi connectivity index (χ2v) is 18.4. The molecule has 0 aromatic heterocycles. The van der Waals surface area contributed by atoms with E-state index in [4.69, 9.17) is 0 Å². The average Bonchev–Trinajstić information content (AvgIpc) is 3.34. The first-order valence-electron chi connectivity index (χ1n) is 20.7. The summed E-state index contributed by atoms with van der Waals surface area (Å²) in [6, 6.07) is 81.2. The van der Waals surface area contributed by atoms with Crippen molar-refractivity contribution in [1.29, 1.82) is 0 Å². The minimum Gasteiger partial charge on any atom is -0.316 e. The lowest BCUT2D eigenvalue weighted by molar-refractivity contribution is 0.198. The number of urea groups is 2. The molecule has 8 aromatic carbocycles. The number of nitrogens with zero attached hydrogens (tertiary/aromatic N) is 2. The van der Waals surface area contributed by atoms with Crippen LogP contribution in [0.2, 0.25) is 0 Å². The maximum atomic E-state index is 13.5. The Morgan fingerprint density at radius 2 is 0.468 bits per heavy atom. The molecule has 0 fully saturated rings. The second kappa shape index (κ2) is 23.2. The summed E-state index contributed by atoms with van der Waals surface area (Å²) < 4.78 is 0. The van der Waals surface area contributed by atoms with Gasteiger partial charge < -0.3 is 20.0 Å². The fourth-order valence-electron chi connectivity index (χ4n) is 6.81. The molecular formula is C54H50N4O2P2. The summed E-state index contributed by atoms with van der Waals surface area (Å²) in [5, 5.41) is 11.2. The number of carbonyl (C=O) groups is 2. The second-order valence-electron chi connectivity index (χ2n) is 14.5. The Bertz CT molecular complexity index is 2160. The van der Waals surface area contributed by atoms with Gasteiger partial charge in [0.05, 0.1) is 16.1 Å². The molecule has 0 atom stereocenters. The molecule has 0 unspecified atom stereocenters. The van der Waals surface area contributed by atoms with Crippen molar-refractivity contribution in [2.45, 2.75) is 26.2 Å². The van der Waals surface area contributed by atoms with E-state index in [1.54, 1.807) is 0 Å². The van der Waals surface area contributed by atoms with Crippen LogP contribution in [0, 0.1) is 0 Å². The molecule has 0 saturated heterocycles. The van der Waals surface area contributed by atoms with Crippen LogP contribution in [0.15, 0.2) is 243 Å². The lowest BCUT2D eigenvalue weighted by Gasteiger charge is -2.27. The van der Waals surface area contributed by atoms with Gasteiger partial charge in [-0.1, -0.05) is 243 Å². The number of amides is 4. The number of rotatable bonds is 14. The van der Waals surface area contributed by atoms with Crippen molar-refractivity contribution in [1.82, 2.24) is 20.0 Å². The van der Waals surface area contributed by atoms with Gasteiger partial charge in [-0.15, -0.1) is 0 Å². The molecule has 0 saturated carbocycles. The van der Waals surface area contributed by atoms with E-state index >= 15 is 0 Å². The van der Waals surface area contributed by atoms with E-state index < -0.39 is 16.1 Å². The molecule has 0 radical (unpaired) electrons. The van der Waals surface area contributed by atoms with Gasteiger partial charge in [-0.3, -0.25) is 0 Å². The van der Waals surface area contributed by atoms with Crippen LogP contribution in [0.25, 0.3) is 0 Å². The number of carbonyl (C=O) groups excluding carboxylic acids is 2. The Labute approximate surface area is 368 Å². The van der Waals surface area contributed by atoms with E-state index in [-0.39, 0.29) is 12.1 Å². The van der Waals surface area contributed by atoms with Gasteiger partial charge >= 0.3 is 12.1 Å². The van der Waals surface area contributed by atoms with Gasteiger partial charge in [0.15, 0.2) is 0 Å². The highest BCUT2D eigenvalue weighted by atomic mass is 31.1. The first-order chi connectivity index (χ1) is 30.6. The van der Waals surface area contributed by atoms with E-state index in [1.165, 1.54) is 0 Å². The predicted octanol–water partition coefficient (Wildman–Crippen LogP) is 10.9. The lowest BCUT2D eigenvalue weighted by atomic mass is 10.2. The van der Waals surface area contributed by atoms with Gasteiger partial charge in [0.1, 0.15) is 0 Å². The molecular weight excluding hydrogens is 799 g/mol. The van der Waals surface area contributed by atoms with E-state index in [0.717, 1.165) is 43.5 Å². The first-order valence-corrected chi connectivity index (χ1v) is 23.3. The zero-order valence-electron chi connectivity index (χ0n) is 34.5. The number of nitrogens with one attached hydrogen (secondary N) is 2. The van der Waals surface area contributed by atoms with Crippen molar-refractivity contribution in [2.75, 3.05) is 0 Å². The average molecular weight is 849 g/mol. The number of benzene rings is 8. The van der Waals surface area contributed by atoms with E-state index in [1.807, 2.05) is 155 Å². The van der Waals surface area contributed by atoms with Crippen molar-refractivity contribution < 1.29 is 9.59 Å². The van der Waals surface area contributed by atoms with E-state index in [9.17, 15) is 9.59 Å². The molecule has 0 aliphatic heterocycles. The third-order valence-electron chi connectivity index (χ3n) is 9.91. The molecule has 0 spiro atoms. The summed E-state index contributed by atoms with van der Waals surface area (Å²) in [7, 11) is -2.03. The molecule has 8 aromatic rings. The molecule has 308 valence electrons. The highest BCUT2D eigenvalue weighted by Crippen LogP contribution is 2.30. The molecule has 0 aliphatic carbocycles. The normalized spacial score (nSPS) is 10.6. The highest BCUT2D eigenvalue weighted by molar-refractivity contribution is 7.72. The Kier molecular flexibility index (Phi) is 16.2. The summed E-state index contributed by atoms with van der Waals surface area (Å²) in [6.07, 6.45) is 0. The lowest BCUT2D eigenvalue weighted by Crippen LogP contribution is -2.39. The molecule has 0 heterocycles.